The average Bonchev–Trinajstić information content (AvgIpc) is 3.05. The maximum atomic E-state index is 9.90. The van der Waals surface area contributed by atoms with Crippen LogP contribution in [0.4, 0.5) is 5.82 Å². The fourth-order valence-electron chi connectivity index (χ4n) is 3.74. The highest BCUT2D eigenvalue weighted by molar-refractivity contribution is 5.66. The summed E-state index contributed by atoms with van der Waals surface area (Å²) in [6.45, 7) is 4.51. The van der Waals surface area contributed by atoms with Gasteiger partial charge in [-0.25, -0.2) is 0 Å². The number of likely N-dealkylation sites (tertiary alicyclic amines) is 1. The highest BCUT2D eigenvalue weighted by atomic mass is 16.3. The maximum absolute atomic E-state index is 9.90. The lowest BCUT2D eigenvalue weighted by atomic mass is 10.0. The summed E-state index contributed by atoms with van der Waals surface area (Å²) in [4.78, 5) is 4.75. The summed E-state index contributed by atoms with van der Waals surface area (Å²) in [6.07, 6.45) is 0. The number of hydrogen-bond donors (Lipinski definition) is 1. The van der Waals surface area contributed by atoms with Crippen LogP contribution in [-0.4, -0.2) is 53.4 Å². The molecule has 1 aromatic carbocycles. The molecular weight excluding hydrogens is 276 g/mol. The summed E-state index contributed by atoms with van der Waals surface area (Å²) in [5, 5.41) is 18.6. The highest BCUT2D eigenvalue weighted by Gasteiger charge is 2.39. The van der Waals surface area contributed by atoms with Crippen LogP contribution in [-0.2, 0) is 0 Å². The van der Waals surface area contributed by atoms with Gasteiger partial charge in [-0.2, -0.15) is 0 Å². The molecule has 0 bridgehead atoms. The van der Waals surface area contributed by atoms with Crippen molar-refractivity contribution in [2.75, 3.05) is 38.1 Å². The molecule has 3 heterocycles. The maximum Gasteiger partial charge on any atom is 0.151 e. The van der Waals surface area contributed by atoms with Crippen molar-refractivity contribution >= 4 is 5.82 Å². The lowest BCUT2D eigenvalue weighted by Gasteiger charge is -2.19. The minimum absolute atomic E-state index is 0.239. The predicted octanol–water partition coefficient (Wildman–Crippen LogP) is 1.85. The zero-order valence-electron chi connectivity index (χ0n) is 12.7. The van der Waals surface area contributed by atoms with Crippen molar-refractivity contribution in [3.8, 4) is 17.0 Å². The van der Waals surface area contributed by atoms with E-state index in [0.29, 0.717) is 5.69 Å². The Morgan fingerprint density at radius 1 is 0.955 bits per heavy atom. The summed E-state index contributed by atoms with van der Waals surface area (Å²) in [5.41, 5.74) is 1.43. The SMILES string of the molecule is CN1CC2CN(c3ccc(-c4ccccc4O)nn3)CC2C1. The summed E-state index contributed by atoms with van der Waals surface area (Å²) in [6, 6.07) is 11.2. The summed E-state index contributed by atoms with van der Waals surface area (Å²) in [7, 11) is 2.20. The zero-order valence-corrected chi connectivity index (χ0v) is 12.7. The van der Waals surface area contributed by atoms with Gasteiger partial charge in [0.2, 0.25) is 0 Å². The van der Waals surface area contributed by atoms with Gasteiger partial charge >= 0.3 is 0 Å². The third kappa shape index (κ3) is 2.31. The first-order valence-corrected chi connectivity index (χ1v) is 7.76. The summed E-state index contributed by atoms with van der Waals surface area (Å²) in [5.74, 6) is 2.69. The number of anilines is 1. The lowest BCUT2D eigenvalue weighted by molar-refractivity contribution is 0.387. The number of fused-ring (bicyclic) bond motifs is 1. The molecule has 22 heavy (non-hydrogen) atoms. The molecule has 0 amide bonds. The number of aromatic nitrogens is 2. The molecule has 1 aromatic heterocycles. The van der Waals surface area contributed by atoms with Gasteiger partial charge in [0.25, 0.3) is 0 Å². The van der Waals surface area contributed by atoms with Crippen molar-refractivity contribution in [3.63, 3.8) is 0 Å². The van der Waals surface area contributed by atoms with Crippen molar-refractivity contribution in [2.24, 2.45) is 11.8 Å². The third-order valence-electron chi connectivity index (χ3n) is 4.82. The average molecular weight is 296 g/mol. The van der Waals surface area contributed by atoms with Crippen molar-refractivity contribution in [3.05, 3.63) is 36.4 Å². The standard InChI is InChI=1S/C17H20N4O/c1-20-8-12-10-21(11-13(12)9-20)17-7-6-15(18-19-17)14-4-2-3-5-16(14)22/h2-7,12-13,22H,8-11H2,1H3. The molecule has 0 radical (unpaired) electrons. The quantitative estimate of drug-likeness (QED) is 0.916. The van der Waals surface area contributed by atoms with Crippen LogP contribution in [0.1, 0.15) is 0 Å². The number of nitrogens with zero attached hydrogens (tertiary/aromatic N) is 4. The van der Waals surface area contributed by atoms with Crippen LogP contribution in [0.2, 0.25) is 0 Å². The largest absolute Gasteiger partial charge is 0.507 e. The van der Waals surface area contributed by atoms with E-state index in [-0.39, 0.29) is 5.75 Å². The van der Waals surface area contributed by atoms with E-state index in [1.165, 1.54) is 13.1 Å². The Morgan fingerprint density at radius 2 is 1.68 bits per heavy atom. The fourth-order valence-corrected chi connectivity index (χ4v) is 3.74. The van der Waals surface area contributed by atoms with E-state index in [1.54, 1.807) is 12.1 Å². The highest BCUT2D eigenvalue weighted by Crippen LogP contribution is 2.33. The molecule has 5 heteroatoms. The zero-order chi connectivity index (χ0) is 15.1. The Morgan fingerprint density at radius 3 is 2.32 bits per heavy atom. The summed E-state index contributed by atoms with van der Waals surface area (Å²) < 4.78 is 0. The predicted molar refractivity (Wildman–Crippen MR) is 85.8 cm³/mol. The first-order chi connectivity index (χ1) is 10.7. The minimum Gasteiger partial charge on any atom is -0.507 e. The van der Waals surface area contributed by atoms with Crippen LogP contribution in [0.3, 0.4) is 0 Å². The molecule has 1 N–H and O–H groups in total. The Balaban J connectivity index is 1.53. The smallest absolute Gasteiger partial charge is 0.151 e. The van der Waals surface area contributed by atoms with E-state index in [9.17, 15) is 5.11 Å². The van der Waals surface area contributed by atoms with Crippen LogP contribution >= 0.6 is 0 Å². The van der Waals surface area contributed by atoms with E-state index in [0.717, 1.165) is 36.3 Å². The normalized spacial score (nSPS) is 24.7. The number of rotatable bonds is 2. The molecule has 0 spiro atoms. The topological polar surface area (TPSA) is 52.5 Å². The van der Waals surface area contributed by atoms with Gasteiger partial charge in [-0.05, 0) is 43.1 Å². The van der Waals surface area contributed by atoms with Crippen LogP contribution in [0.5, 0.6) is 5.75 Å². The molecule has 2 aliphatic rings. The van der Waals surface area contributed by atoms with E-state index >= 15 is 0 Å². The molecule has 4 rings (SSSR count). The molecule has 2 saturated heterocycles. The number of benzene rings is 1. The second-order valence-corrected chi connectivity index (χ2v) is 6.44. The number of aromatic hydroxyl groups is 1. The molecule has 2 atom stereocenters. The molecule has 5 nitrogen and oxygen atoms in total. The molecular formula is C17H20N4O. The van der Waals surface area contributed by atoms with Gasteiger partial charge < -0.3 is 14.9 Å². The Bertz CT molecular complexity index is 659. The Kier molecular flexibility index (Phi) is 3.22. The number of phenols is 1. The second-order valence-electron chi connectivity index (χ2n) is 6.44. The lowest BCUT2D eigenvalue weighted by Crippen LogP contribution is -2.27. The van der Waals surface area contributed by atoms with Crippen LogP contribution < -0.4 is 4.90 Å². The van der Waals surface area contributed by atoms with Gasteiger partial charge in [0.05, 0.1) is 5.69 Å². The molecule has 2 unspecified atom stereocenters. The number of hydrogen-bond acceptors (Lipinski definition) is 5. The van der Waals surface area contributed by atoms with Gasteiger partial charge in [0.1, 0.15) is 5.75 Å². The molecule has 2 fully saturated rings. The molecule has 2 aromatic rings. The minimum atomic E-state index is 0.239. The van der Waals surface area contributed by atoms with Crippen molar-refractivity contribution in [1.82, 2.24) is 15.1 Å². The van der Waals surface area contributed by atoms with E-state index in [4.69, 9.17) is 0 Å². The van der Waals surface area contributed by atoms with Crippen LogP contribution in [0.25, 0.3) is 11.3 Å². The molecule has 2 aliphatic heterocycles. The van der Waals surface area contributed by atoms with Gasteiger partial charge in [0, 0.05) is 31.7 Å². The first-order valence-electron chi connectivity index (χ1n) is 7.76. The first kappa shape index (κ1) is 13.5. The van der Waals surface area contributed by atoms with Crippen LogP contribution in [0.15, 0.2) is 36.4 Å². The van der Waals surface area contributed by atoms with Gasteiger partial charge in [-0.15, -0.1) is 10.2 Å². The van der Waals surface area contributed by atoms with Crippen molar-refractivity contribution < 1.29 is 5.11 Å². The molecule has 0 aliphatic carbocycles. The van der Waals surface area contributed by atoms with Crippen molar-refractivity contribution in [1.29, 1.82) is 0 Å². The molecule has 0 saturated carbocycles. The molecule has 114 valence electrons. The van der Waals surface area contributed by atoms with Crippen LogP contribution in [0, 0.1) is 11.8 Å². The van der Waals surface area contributed by atoms with Gasteiger partial charge in [0.15, 0.2) is 5.82 Å². The number of para-hydroxylation sites is 1. The Hall–Kier alpha value is -2.14. The second kappa shape index (κ2) is 5.25. The third-order valence-corrected chi connectivity index (χ3v) is 4.82. The van der Waals surface area contributed by atoms with Gasteiger partial charge in [-0.3, -0.25) is 0 Å². The van der Waals surface area contributed by atoms with Crippen molar-refractivity contribution in [2.45, 2.75) is 0 Å². The fraction of sp³-hybridized carbons (Fsp3) is 0.412. The number of phenolic OH excluding ortho intramolecular Hbond substituents is 1. The van der Waals surface area contributed by atoms with E-state index in [2.05, 4.69) is 27.0 Å². The van der Waals surface area contributed by atoms with E-state index < -0.39 is 0 Å². The Labute approximate surface area is 130 Å². The summed E-state index contributed by atoms with van der Waals surface area (Å²) >= 11 is 0. The monoisotopic (exact) mass is 296 g/mol. The van der Waals surface area contributed by atoms with Gasteiger partial charge in [-0.1, -0.05) is 12.1 Å². The van der Waals surface area contributed by atoms with E-state index in [1.807, 2.05) is 24.3 Å².